The van der Waals surface area contributed by atoms with E-state index in [9.17, 15) is 8.78 Å². The van der Waals surface area contributed by atoms with Crippen molar-refractivity contribution >= 4 is 6.08 Å². The smallest absolute Gasteiger partial charge is 0.173 e. The zero-order valence-electron chi connectivity index (χ0n) is 16.5. The molecule has 1 aromatic rings. The largest absolute Gasteiger partial charge is 0.270 e. The minimum atomic E-state index is -1.63. The van der Waals surface area contributed by atoms with Crippen LogP contribution in [0.25, 0.3) is 6.08 Å². The Labute approximate surface area is 159 Å². The van der Waals surface area contributed by atoms with Gasteiger partial charge in [0.25, 0.3) is 6.08 Å². The highest BCUT2D eigenvalue weighted by molar-refractivity contribution is 5.50. The average molecular weight is 363 g/mol. The third kappa shape index (κ3) is 8.01. The third-order valence-electron chi connectivity index (χ3n) is 6.00. The number of hydrogen-bond acceptors (Lipinski definition) is 0. The van der Waals surface area contributed by atoms with Gasteiger partial charge in [0.05, 0.1) is 0 Å². The van der Waals surface area contributed by atoms with Crippen molar-refractivity contribution < 1.29 is 8.78 Å². The normalized spacial score (nSPS) is 20.1. The highest BCUT2D eigenvalue weighted by Gasteiger charge is 2.21. The van der Waals surface area contributed by atoms with Crippen molar-refractivity contribution in [3.63, 3.8) is 0 Å². The molecule has 0 unspecified atom stereocenters. The van der Waals surface area contributed by atoms with E-state index in [0.29, 0.717) is 11.5 Å². The van der Waals surface area contributed by atoms with Crippen LogP contribution in [0.4, 0.5) is 8.78 Å². The predicted molar refractivity (Wildman–Crippen MR) is 109 cm³/mol. The van der Waals surface area contributed by atoms with Gasteiger partial charge in [-0.05, 0) is 48.6 Å². The molecule has 1 aromatic carbocycles. The molecule has 0 amide bonds. The van der Waals surface area contributed by atoms with Gasteiger partial charge in [0.15, 0.2) is 0 Å². The van der Waals surface area contributed by atoms with E-state index in [1.54, 1.807) is 0 Å². The first kappa shape index (κ1) is 21.1. The minimum absolute atomic E-state index is 0.595. The Kier molecular flexibility index (Phi) is 9.95. The van der Waals surface area contributed by atoms with Crippen molar-refractivity contribution in [1.29, 1.82) is 0 Å². The number of hydrogen-bond donors (Lipinski definition) is 0. The van der Waals surface area contributed by atoms with E-state index in [1.165, 1.54) is 89.0 Å². The molecule has 1 fully saturated rings. The molecule has 0 bridgehead atoms. The molecule has 0 saturated heterocycles. The summed E-state index contributed by atoms with van der Waals surface area (Å²) in [6, 6.07) is 7.72. The van der Waals surface area contributed by atoms with Crippen LogP contribution < -0.4 is 0 Å². The van der Waals surface area contributed by atoms with E-state index in [-0.39, 0.29) is 0 Å². The fourth-order valence-corrected chi connectivity index (χ4v) is 4.34. The Bertz CT molecular complexity index is 506. The van der Waals surface area contributed by atoms with Gasteiger partial charge in [0.1, 0.15) is 0 Å². The van der Waals surface area contributed by atoms with Crippen molar-refractivity contribution in [2.24, 2.45) is 5.92 Å². The van der Waals surface area contributed by atoms with Crippen LogP contribution >= 0.6 is 0 Å². The van der Waals surface area contributed by atoms with E-state index in [0.717, 1.165) is 12.0 Å². The van der Waals surface area contributed by atoms with Crippen LogP contribution in [-0.2, 0) is 0 Å². The summed E-state index contributed by atoms with van der Waals surface area (Å²) in [6.45, 7) is 2.27. The fourth-order valence-electron chi connectivity index (χ4n) is 4.34. The first-order chi connectivity index (χ1) is 12.7. The van der Waals surface area contributed by atoms with Gasteiger partial charge in [0.2, 0.25) is 0 Å². The maximum atomic E-state index is 12.3. The molecule has 1 aliphatic rings. The standard InChI is InChI=1S/C24H36F2/c1-2-3-4-5-6-7-8-9-10-20-11-15-22(16-12-20)23-17-13-21(14-18-23)19-24(25)26/h13-14,17-20,22H,2-12,15-16H2,1H3. The molecular formula is C24H36F2. The fraction of sp³-hybridized carbons (Fsp3) is 0.667. The molecule has 146 valence electrons. The lowest BCUT2D eigenvalue weighted by atomic mass is 9.77. The molecule has 0 aliphatic heterocycles. The maximum Gasteiger partial charge on any atom is 0.270 e. The van der Waals surface area contributed by atoms with Crippen molar-refractivity contribution in [2.45, 2.75) is 96.3 Å². The summed E-state index contributed by atoms with van der Waals surface area (Å²) in [4.78, 5) is 0. The van der Waals surface area contributed by atoms with E-state index in [1.807, 2.05) is 24.3 Å². The molecule has 0 spiro atoms. The van der Waals surface area contributed by atoms with Crippen LogP contribution in [0.3, 0.4) is 0 Å². The van der Waals surface area contributed by atoms with Gasteiger partial charge in [-0.15, -0.1) is 0 Å². The summed E-state index contributed by atoms with van der Waals surface area (Å²) >= 11 is 0. The zero-order valence-corrected chi connectivity index (χ0v) is 16.5. The van der Waals surface area contributed by atoms with Crippen molar-refractivity contribution in [3.8, 4) is 0 Å². The molecule has 0 aromatic heterocycles. The van der Waals surface area contributed by atoms with Crippen LogP contribution in [-0.4, -0.2) is 0 Å². The first-order valence-electron chi connectivity index (χ1n) is 10.8. The average Bonchev–Trinajstić information content (AvgIpc) is 2.65. The Hall–Kier alpha value is -1.18. The molecule has 0 nitrogen and oxygen atoms in total. The van der Waals surface area contributed by atoms with Crippen LogP contribution in [0.1, 0.15) is 107 Å². The highest BCUT2D eigenvalue weighted by Crippen LogP contribution is 2.37. The van der Waals surface area contributed by atoms with Gasteiger partial charge in [0, 0.05) is 6.08 Å². The second kappa shape index (κ2) is 12.3. The van der Waals surface area contributed by atoms with E-state index < -0.39 is 6.08 Å². The van der Waals surface area contributed by atoms with Gasteiger partial charge in [-0.2, -0.15) is 8.78 Å². The molecule has 1 aliphatic carbocycles. The lowest BCUT2D eigenvalue weighted by Gasteiger charge is -2.29. The molecule has 2 rings (SSSR count). The second-order valence-corrected chi connectivity index (χ2v) is 8.08. The van der Waals surface area contributed by atoms with Crippen LogP contribution in [0.15, 0.2) is 30.3 Å². The Morgan fingerprint density at radius 1 is 0.846 bits per heavy atom. The van der Waals surface area contributed by atoms with Gasteiger partial charge in [-0.1, -0.05) is 89.0 Å². The van der Waals surface area contributed by atoms with E-state index in [4.69, 9.17) is 0 Å². The quantitative estimate of drug-likeness (QED) is 0.345. The molecule has 0 heterocycles. The van der Waals surface area contributed by atoms with E-state index in [2.05, 4.69) is 6.92 Å². The van der Waals surface area contributed by atoms with Crippen molar-refractivity contribution in [2.75, 3.05) is 0 Å². The Balaban J connectivity index is 1.59. The summed E-state index contributed by atoms with van der Waals surface area (Å²) in [6.07, 6.45) is 17.1. The predicted octanol–water partition coefficient (Wildman–Crippen LogP) is 8.73. The number of unbranched alkanes of at least 4 members (excludes halogenated alkanes) is 7. The number of halogens is 2. The van der Waals surface area contributed by atoms with Gasteiger partial charge in [-0.3, -0.25) is 0 Å². The SMILES string of the molecule is CCCCCCCCCCC1CCC(c2ccc(C=C(F)F)cc2)CC1. The van der Waals surface area contributed by atoms with Crippen LogP contribution in [0.2, 0.25) is 0 Å². The molecule has 0 N–H and O–H groups in total. The number of rotatable bonds is 11. The zero-order chi connectivity index (χ0) is 18.6. The molecular weight excluding hydrogens is 326 g/mol. The van der Waals surface area contributed by atoms with Crippen molar-refractivity contribution in [1.82, 2.24) is 0 Å². The van der Waals surface area contributed by atoms with Crippen LogP contribution in [0, 0.1) is 5.92 Å². The summed E-state index contributed by atoms with van der Waals surface area (Å²) < 4.78 is 24.6. The van der Waals surface area contributed by atoms with Gasteiger partial charge in [-0.25, -0.2) is 0 Å². The maximum absolute atomic E-state index is 12.3. The first-order valence-corrected chi connectivity index (χ1v) is 10.8. The molecule has 0 atom stereocenters. The van der Waals surface area contributed by atoms with Crippen molar-refractivity contribution in [3.05, 3.63) is 41.5 Å². The molecule has 2 heteroatoms. The van der Waals surface area contributed by atoms with Gasteiger partial charge < -0.3 is 0 Å². The monoisotopic (exact) mass is 362 g/mol. The summed E-state index contributed by atoms with van der Waals surface area (Å²) in [5.41, 5.74) is 1.92. The lowest BCUT2D eigenvalue weighted by Crippen LogP contribution is -2.13. The van der Waals surface area contributed by atoms with Gasteiger partial charge >= 0.3 is 0 Å². The number of benzene rings is 1. The minimum Gasteiger partial charge on any atom is -0.173 e. The van der Waals surface area contributed by atoms with Crippen LogP contribution in [0.5, 0.6) is 0 Å². The summed E-state index contributed by atoms with van der Waals surface area (Å²) in [7, 11) is 0. The lowest BCUT2D eigenvalue weighted by molar-refractivity contribution is 0.301. The Morgan fingerprint density at radius 3 is 2.00 bits per heavy atom. The van der Waals surface area contributed by atoms with E-state index >= 15 is 0 Å². The molecule has 0 radical (unpaired) electrons. The second-order valence-electron chi connectivity index (χ2n) is 8.08. The topological polar surface area (TPSA) is 0 Å². The molecule has 26 heavy (non-hydrogen) atoms. The Morgan fingerprint density at radius 2 is 1.42 bits per heavy atom. The molecule has 1 saturated carbocycles. The summed E-state index contributed by atoms with van der Waals surface area (Å²) in [5.74, 6) is 1.53. The highest BCUT2D eigenvalue weighted by atomic mass is 19.3. The third-order valence-corrected chi connectivity index (χ3v) is 6.00. The summed E-state index contributed by atoms with van der Waals surface area (Å²) in [5, 5.41) is 0.